The third-order valence-corrected chi connectivity index (χ3v) is 2.87. The minimum Gasteiger partial charge on any atom is -0.380 e. The van der Waals surface area contributed by atoms with Crippen molar-refractivity contribution in [3.8, 4) is 0 Å². The largest absolute Gasteiger partial charge is 0.380 e. The second-order valence-electron chi connectivity index (χ2n) is 3.94. The molecule has 1 amide bonds. The highest BCUT2D eigenvalue weighted by Crippen LogP contribution is 2.16. The number of nitrogens with zero attached hydrogens (tertiary/aromatic N) is 1. The van der Waals surface area contributed by atoms with E-state index >= 15 is 0 Å². The van der Waals surface area contributed by atoms with Crippen molar-refractivity contribution in [1.82, 2.24) is 4.90 Å². The van der Waals surface area contributed by atoms with Gasteiger partial charge < -0.3 is 9.64 Å². The van der Waals surface area contributed by atoms with E-state index in [0.29, 0.717) is 25.3 Å². The fourth-order valence-electron chi connectivity index (χ4n) is 1.53. The van der Waals surface area contributed by atoms with E-state index in [4.69, 9.17) is 4.74 Å². The van der Waals surface area contributed by atoms with Crippen LogP contribution in [-0.4, -0.2) is 37.6 Å². The summed E-state index contributed by atoms with van der Waals surface area (Å²) in [6, 6.07) is 5.72. The molecule has 0 unspecified atom stereocenters. The third kappa shape index (κ3) is 4.48. The lowest BCUT2D eigenvalue weighted by Crippen LogP contribution is -2.30. The number of ether oxygens (including phenoxy) is 1. The maximum Gasteiger partial charge on any atom is 0.253 e. The predicted octanol–water partition coefficient (Wildman–Crippen LogP) is 2.87. The highest BCUT2D eigenvalue weighted by molar-refractivity contribution is 9.10. The summed E-state index contributed by atoms with van der Waals surface area (Å²) in [6.45, 7) is 5.78. The minimum absolute atomic E-state index is 0.0223. The molecule has 0 saturated heterocycles. The lowest BCUT2D eigenvalue weighted by molar-refractivity contribution is 0.0710. The summed E-state index contributed by atoms with van der Waals surface area (Å²) >= 11 is 3.40. The lowest BCUT2D eigenvalue weighted by atomic mass is 10.1. The van der Waals surface area contributed by atoms with Gasteiger partial charge in [0.05, 0.1) is 6.61 Å². The molecule has 4 heteroatoms. The zero-order valence-electron chi connectivity index (χ0n) is 10.5. The maximum atomic E-state index is 12.1. The molecule has 1 aromatic rings. The van der Waals surface area contributed by atoms with Crippen molar-refractivity contribution in [1.29, 1.82) is 0 Å². The summed E-state index contributed by atoms with van der Waals surface area (Å²) in [6.07, 6.45) is 0. The van der Waals surface area contributed by atoms with Crippen molar-refractivity contribution >= 4 is 21.8 Å². The van der Waals surface area contributed by atoms with Gasteiger partial charge in [-0.05, 0) is 37.6 Å². The first-order valence-electron chi connectivity index (χ1n) is 5.65. The maximum absolute atomic E-state index is 12.1. The van der Waals surface area contributed by atoms with Crippen LogP contribution in [0.15, 0.2) is 22.7 Å². The van der Waals surface area contributed by atoms with Gasteiger partial charge in [0.1, 0.15) is 0 Å². The fraction of sp³-hybridized carbons (Fsp3) is 0.462. The highest BCUT2D eigenvalue weighted by Gasteiger charge is 2.12. The Labute approximate surface area is 111 Å². The first-order valence-corrected chi connectivity index (χ1v) is 6.44. The number of amides is 1. The molecule has 0 bridgehead atoms. The van der Waals surface area contributed by atoms with Crippen molar-refractivity contribution in [3.05, 3.63) is 33.8 Å². The Hall–Kier alpha value is -0.870. The third-order valence-electron chi connectivity index (χ3n) is 2.41. The molecule has 0 N–H and O–H groups in total. The van der Waals surface area contributed by atoms with Gasteiger partial charge in [0.15, 0.2) is 0 Å². The van der Waals surface area contributed by atoms with Crippen LogP contribution in [0.3, 0.4) is 0 Å². The van der Waals surface area contributed by atoms with Crippen LogP contribution in [0, 0.1) is 6.92 Å². The average Bonchev–Trinajstić information content (AvgIpc) is 2.27. The lowest BCUT2D eigenvalue weighted by Gasteiger charge is -2.17. The van der Waals surface area contributed by atoms with Crippen LogP contribution in [0.4, 0.5) is 0 Å². The standard InChI is InChI=1S/C13H18BrNO2/c1-4-17-6-5-15(3)13(16)11-7-10(2)8-12(14)9-11/h7-9H,4-6H2,1-3H3. The van der Waals surface area contributed by atoms with E-state index in [2.05, 4.69) is 15.9 Å². The SMILES string of the molecule is CCOCCN(C)C(=O)c1cc(C)cc(Br)c1. The summed E-state index contributed by atoms with van der Waals surface area (Å²) in [5, 5.41) is 0. The molecule has 3 nitrogen and oxygen atoms in total. The van der Waals surface area contributed by atoms with Crippen LogP contribution in [0.1, 0.15) is 22.8 Å². The van der Waals surface area contributed by atoms with Gasteiger partial charge in [-0.25, -0.2) is 0 Å². The molecule has 17 heavy (non-hydrogen) atoms. The number of carbonyl (C=O) groups excluding carboxylic acids is 1. The smallest absolute Gasteiger partial charge is 0.253 e. The van der Waals surface area contributed by atoms with E-state index in [0.717, 1.165) is 10.0 Å². The molecule has 1 rings (SSSR count). The first kappa shape index (κ1) is 14.2. The normalized spacial score (nSPS) is 10.4. The minimum atomic E-state index is 0.0223. The number of hydrogen-bond acceptors (Lipinski definition) is 2. The van der Waals surface area contributed by atoms with Gasteiger partial charge in [-0.15, -0.1) is 0 Å². The van der Waals surface area contributed by atoms with Crippen LogP contribution >= 0.6 is 15.9 Å². The summed E-state index contributed by atoms with van der Waals surface area (Å²) in [5.41, 5.74) is 1.77. The van der Waals surface area contributed by atoms with E-state index in [9.17, 15) is 4.79 Å². The van der Waals surface area contributed by atoms with Crippen LogP contribution < -0.4 is 0 Å². The van der Waals surface area contributed by atoms with E-state index < -0.39 is 0 Å². The van der Waals surface area contributed by atoms with Gasteiger partial charge in [-0.2, -0.15) is 0 Å². The van der Waals surface area contributed by atoms with Crippen molar-refractivity contribution in [2.45, 2.75) is 13.8 Å². The quantitative estimate of drug-likeness (QED) is 0.783. The predicted molar refractivity (Wildman–Crippen MR) is 72.3 cm³/mol. The Kier molecular flexibility index (Phi) is 5.65. The molecule has 0 aliphatic rings. The van der Waals surface area contributed by atoms with Crippen molar-refractivity contribution in [2.24, 2.45) is 0 Å². The molecule has 0 heterocycles. The number of likely N-dealkylation sites (N-methyl/N-ethyl adjacent to an activating group) is 1. The number of aryl methyl sites for hydroxylation is 1. The molecular formula is C13H18BrNO2. The van der Waals surface area contributed by atoms with Gasteiger partial charge in [-0.3, -0.25) is 4.79 Å². The monoisotopic (exact) mass is 299 g/mol. The molecule has 0 aliphatic heterocycles. The van der Waals surface area contributed by atoms with Crippen LogP contribution in [0.5, 0.6) is 0 Å². The van der Waals surface area contributed by atoms with Crippen LogP contribution in [-0.2, 0) is 4.74 Å². The topological polar surface area (TPSA) is 29.5 Å². The molecule has 0 saturated carbocycles. The second kappa shape index (κ2) is 6.77. The molecule has 0 radical (unpaired) electrons. The molecule has 0 spiro atoms. The molecular weight excluding hydrogens is 282 g/mol. The molecule has 1 aromatic carbocycles. The zero-order valence-corrected chi connectivity index (χ0v) is 12.1. The van der Waals surface area contributed by atoms with Crippen molar-refractivity contribution in [3.63, 3.8) is 0 Å². The van der Waals surface area contributed by atoms with Crippen molar-refractivity contribution in [2.75, 3.05) is 26.8 Å². The Bertz CT molecular complexity index is 373. The van der Waals surface area contributed by atoms with Gasteiger partial charge in [0.25, 0.3) is 5.91 Å². The van der Waals surface area contributed by atoms with E-state index in [1.54, 1.807) is 11.9 Å². The van der Waals surface area contributed by atoms with Gasteiger partial charge in [-0.1, -0.05) is 15.9 Å². The number of benzene rings is 1. The Morgan fingerprint density at radius 1 is 1.41 bits per heavy atom. The second-order valence-corrected chi connectivity index (χ2v) is 4.86. The first-order chi connectivity index (χ1) is 8.04. The van der Waals surface area contributed by atoms with E-state index in [1.165, 1.54) is 0 Å². The van der Waals surface area contributed by atoms with Crippen LogP contribution in [0.2, 0.25) is 0 Å². The van der Waals surface area contributed by atoms with Crippen LogP contribution in [0.25, 0.3) is 0 Å². The van der Waals surface area contributed by atoms with E-state index in [-0.39, 0.29) is 5.91 Å². The Morgan fingerprint density at radius 2 is 2.12 bits per heavy atom. The fourth-order valence-corrected chi connectivity index (χ4v) is 2.14. The summed E-state index contributed by atoms with van der Waals surface area (Å²) in [5.74, 6) is 0.0223. The number of hydrogen-bond donors (Lipinski definition) is 0. The van der Waals surface area contributed by atoms with Gasteiger partial charge in [0.2, 0.25) is 0 Å². The van der Waals surface area contributed by atoms with E-state index in [1.807, 2.05) is 32.0 Å². The number of rotatable bonds is 5. The summed E-state index contributed by atoms with van der Waals surface area (Å²) in [4.78, 5) is 13.8. The Morgan fingerprint density at radius 3 is 2.71 bits per heavy atom. The average molecular weight is 300 g/mol. The molecule has 0 fully saturated rings. The number of carbonyl (C=O) groups is 1. The van der Waals surface area contributed by atoms with Gasteiger partial charge >= 0.3 is 0 Å². The Balaban J connectivity index is 2.68. The molecule has 94 valence electrons. The summed E-state index contributed by atoms with van der Waals surface area (Å²) in [7, 11) is 1.79. The highest BCUT2D eigenvalue weighted by atomic mass is 79.9. The molecule has 0 atom stereocenters. The molecule has 0 aliphatic carbocycles. The summed E-state index contributed by atoms with van der Waals surface area (Å²) < 4.78 is 6.16. The number of halogens is 1. The molecule has 0 aromatic heterocycles. The zero-order chi connectivity index (χ0) is 12.8. The van der Waals surface area contributed by atoms with Crippen molar-refractivity contribution < 1.29 is 9.53 Å². The van der Waals surface area contributed by atoms with Gasteiger partial charge in [0, 0.05) is 30.2 Å².